The SMILES string of the molecule is CC.CN(C=O)NC(=O)CCCC=O.Cc1cccc(NCCOCCOCCN)c1C=O. The Bertz CT molecular complexity index is 658. The van der Waals surface area contributed by atoms with Crippen molar-refractivity contribution in [2.45, 2.75) is 40.0 Å². The second-order valence-electron chi connectivity index (χ2n) is 6.40. The van der Waals surface area contributed by atoms with Crippen molar-refractivity contribution in [1.82, 2.24) is 10.4 Å². The van der Waals surface area contributed by atoms with Gasteiger partial charge in [-0.3, -0.25) is 24.8 Å². The third kappa shape index (κ3) is 18.5. The average Bonchev–Trinajstić information content (AvgIpc) is 2.82. The standard InChI is InChI=1S/C14H22N2O3.C7H12N2O3.C2H6/c1-12-3-2-4-14(13(12)11-17)16-6-8-19-10-9-18-7-5-15;1-9(6-11)8-7(12)4-2-3-5-10;1-2/h2-4,11,16H,5-10,15H2,1H3;5-6H,2-4H2,1H3,(H,8,12);1-2H3. The Labute approximate surface area is 197 Å². The molecule has 188 valence electrons. The first-order valence-corrected chi connectivity index (χ1v) is 11.1. The Morgan fingerprint density at radius 3 is 2.33 bits per heavy atom. The van der Waals surface area contributed by atoms with Crippen molar-refractivity contribution in [3.8, 4) is 0 Å². The van der Waals surface area contributed by atoms with Gasteiger partial charge >= 0.3 is 0 Å². The van der Waals surface area contributed by atoms with Crippen LogP contribution in [0.4, 0.5) is 5.69 Å². The third-order valence-electron chi connectivity index (χ3n) is 3.82. The van der Waals surface area contributed by atoms with Crippen LogP contribution in [0.3, 0.4) is 0 Å². The fourth-order valence-corrected chi connectivity index (χ4v) is 2.28. The molecule has 0 aliphatic rings. The van der Waals surface area contributed by atoms with Gasteiger partial charge in [0, 0.05) is 44.2 Å². The molecule has 1 rings (SSSR count). The number of unbranched alkanes of at least 4 members (excludes halogenated alkanes) is 1. The summed E-state index contributed by atoms with van der Waals surface area (Å²) >= 11 is 0. The highest BCUT2D eigenvalue weighted by molar-refractivity contribution is 5.86. The lowest BCUT2D eigenvalue weighted by atomic mass is 10.1. The van der Waals surface area contributed by atoms with Crippen molar-refractivity contribution >= 4 is 30.6 Å². The van der Waals surface area contributed by atoms with Gasteiger partial charge in [-0.25, -0.2) is 0 Å². The zero-order valence-electron chi connectivity index (χ0n) is 20.3. The van der Waals surface area contributed by atoms with Crippen molar-refractivity contribution in [3.05, 3.63) is 29.3 Å². The van der Waals surface area contributed by atoms with Gasteiger partial charge < -0.3 is 25.3 Å². The Hall–Kier alpha value is -2.82. The Balaban J connectivity index is 0. The van der Waals surface area contributed by atoms with Gasteiger partial charge in [-0.15, -0.1) is 0 Å². The molecule has 0 unspecified atom stereocenters. The number of rotatable bonds is 16. The minimum atomic E-state index is -0.258. The first-order valence-electron chi connectivity index (χ1n) is 11.1. The smallest absolute Gasteiger partial charge is 0.238 e. The summed E-state index contributed by atoms with van der Waals surface area (Å²) in [7, 11) is 1.44. The van der Waals surface area contributed by atoms with E-state index in [-0.39, 0.29) is 12.3 Å². The molecule has 1 aromatic rings. The molecule has 0 atom stereocenters. The van der Waals surface area contributed by atoms with E-state index in [1.54, 1.807) is 0 Å². The summed E-state index contributed by atoms with van der Waals surface area (Å²) in [5, 5.41) is 4.22. The molecule has 33 heavy (non-hydrogen) atoms. The number of aryl methyl sites for hydroxylation is 1. The van der Waals surface area contributed by atoms with Gasteiger partial charge in [-0.05, 0) is 25.0 Å². The molecular formula is C23H40N4O6. The quantitative estimate of drug-likeness (QED) is 0.189. The van der Waals surface area contributed by atoms with Gasteiger partial charge in [-0.1, -0.05) is 26.0 Å². The number of nitrogens with two attached hydrogens (primary N) is 1. The van der Waals surface area contributed by atoms with Crippen LogP contribution in [-0.2, 0) is 23.9 Å². The number of carbonyl (C=O) groups is 4. The van der Waals surface area contributed by atoms with Crippen molar-refractivity contribution in [2.24, 2.45) is 5.73 Å². The van der Waals surface area contributed by atoms with Gasteiger partial charge in [0.05, 0.1) is 26.4 Å². The zero-order valence-corrected chi connectivity index (χ0v) is 20.3. The largest absolute Gasteiger partial charge is 0.382 e. The normalized spacial score (nSPS) is 9.36. The summed E-state index contributed by atoms with van der Waals surface area (Å²) in [6.07, 6.45) is 3.28. The summed E-state index contributed by atoms with van der Waals surface area (Å²) in [6.45, 7) is 9.34. The summed E-state index contributed by atoms with van der Waals surface area (Å²) in [5.41, 5.74) is 10.1. The monoisotopic (exact) mass is 468 g/mol. The van der Waals surface area contributed by atoms with Crippen LogP contribution in [0.15, 0.2) is 18.2 Å². The van der Waals surface area contributed by atoms with E-state index in [1.165, 1.54) is 7.05 Å². The number of hydrogen-bond donors (Lipinski definition) is 3. The highest BCUT2D eigenvalue weighted by Crippen LogP contribution is 2.16. The van der Waals surface area contributed by atoms with Gasteiger partial charge in [0.2, 0.25) is 12.3 Å². The molecule has 1 aromatic carbocycles. The molecule has 0 radical (unpaired) electrons. The molecule has 4 N–H and O–H groups in total. The molecule has 0 aliphatic heterocycles. The number of carbonyl (C=O) groups excluding carboxylic acids is 4. The summed E-state index contributed by atoms with van der Waals surface area (Å²) in [5.74, 6) is -0.258. The van der Waals surface area contributed by atoms with E-state index in [9.17, 15) is 19.2 Å². The minimum Gasteiger partial charge on any atom is -0.382 e. The lowest BCUT2D eigenvalue weighted by molar-refractivity contribution is -0.132. The van der Waals surface area contributed by atoms with Crippen LogP contribution in [0.1, 0.15) is 49.0 Å². The number of ether oxygens (including phenoxy) is 2. The fourth-order valence-electron chi connectivity index (χ4n) is 2.28. The minimum absolute atomic E-state index is 0.258. The Morgan fingerprint density at radius 2 is 1.76 bits per heavy atom. The molecule has 10 heteroatoms. The molecule has 0 fully saturated rings. The molecule has 0 aliphatic carbocycles. The fraction of sp³-hybridized carbons (Fsp3) is 0.565. The first kappa shape index (κ1) is 32.4. The third-order valence-corrected chi connectivity index (χ3v) is 3.82. The molecule has 2 amide bonds. The van der Waals surface area contributed by atoms with Gasteiger partial charge in [0.1, 0.15) is 6.29 Å². The molecule has 0 heterocycles. The molecule has 0 bridgehead atoms. The van der Waals surface area contributed by atoms with Crippen LogP contribution >= 0.6 is 0 Å². The van der Waals surface area contributed by atoms with Crippen LogP contribution in [0.2, 0.25) is 0 Å². The number of amides is 2. The van der Waals surface area contributed by atoms with Crippen LogP contribution in [0.25, 0.3) is 0 Å². The number of hydrogen-bond acceptors (Lipinski definition) is 8. The molecule has 0 aromatic heterocycles. The van der Waals surface area contributed by atoms with Crippen LogP contribution < -0.4 is 16.5 Å². The van der Waals surface area contributed by atoms with E-state index >= 15 is 0 Å². The van der Waals surface area contributed by atoms with Gasteiger partial charge in [0.25, 0.3) is 0 Å². The van der Waals surface area contributed by atoms with E-state index in [0.29, 0.717) is 64.3 Å². The highest BCUT2D eigenvalue weighted by atomic mass is 16.5. The van der Waals surface area contributed by atoms with E-state index < -0.39 is 0 Å². The van der Waals surface area contributed by atoms with E-state index in [4.69, 9.17) is 15.2 Å². The van der Waals surface area contributed by atoms with Crippen molar-refractivity contribution in [1.29, 1.82) is 0 Å². The second kappa shape index (κ2) is 23.8. The number of nitrogens with one attached hydrogen (secondary N) is 2. The summed E-state index contributed by atoms with van der Waals surface area (Å²) in [6, 6.07) is 5.73. The maximum absolute atomic E-state index is 11.0. The molecule has 10 nitrogen and oxygen atoms in total. The number of anilines is 1. The lowest BCUT2D eigenvalue weighted by Crippen LogP contribution is -2.37. The number of benzene rings is 1. The summed E-state index contributed by atoms with van der Waals surface area (Å²) in [4.78, 5) is 41.7. The molecule has 0 spiro atoms. The maximum Gasteiger partial charge on any atom is 0.238 e. The predicted molar refractivity (Wildman–Crippen MR) is 129 cm³/mol. The van der Waals surface area contributed by atoms with Crippen LogP contribution in [0, 0.1) is 6.92 Å². The van der Waals surface area contributed by atoms with Crippen molar-refractivity contribution in [2.75, 3.05) is 51.9 Å². The zero-order chi connectivity index (χ0) is 25.3. The second-order valence-corrected chi connectivity index (χ2v) is 6.40. The average molecular weight is 469 g/mol. The number of nitrogens with zero attached hydrogens (tertiary/aromatic N) is 1. The van der Waals surface area contributed by atoms with E-state index in [0.717, 1.165) is 28.8 Å². The maximum atomic E-state index is 11.0. The summed E-state index contributed by atoms with van der Waals surface area (Å²) < 4.78 is 10.6. The predicted octanol–water partition coefficient (Wildman–Crippen LogP) is 1.71. The molecule has 0 saturated carbocycles. The number of aldehydes is 2. The molecule has 0 saturated heterocycles. The van der Waals surface area contributed by atoms with Crippen molar-refractivity contribution < 1.29 is 28.7 Å². The van der Waals surface area contributed by atoms with Crippen LogP contribution in [-0.4, -0.2) is 76.5 Å². The Kier molecular flexibility index (Phi) is 23.4. The number of hydrazine groups is 1. The van der Waals surface area contributed by atoms with Crippen LogP contribution in [0.5, 0.6) is 0 Å². The van der Waals surface area contributed by atoms with Crippen molar-refractivity contribution in [3.63, 3.8) is 0 Å². The van der Waals surface area contributed by atoms with Gasteiger partial charge in [-0.2, -0.15) is 0 Å². The van der Waals surface area contributed by atoms with Gasteiger partial charge in [0.15, 0.2) is 6.29 Å². The first-order chi connectivity index (χ1) is 16.0. The Morgan fingerprint density at radius 1 is 1.09 bits per heavy atom. The topological polar surface area (TPSA) is 140 Å². The highest BCUT2D eigenvalue weighted by Gasteiger charge is 2.03. The van der Waals surface area contributed by atoms with E-state index in [2.05, 4.69) is 10.7 Å². The van der Waals surface area contributed by atoms with E-state index in [1.807, 2.05) is 39.0 Å². The lowest BCUT2D eigenvalue weighted by Gasteiger charge is -2.11. The molecular weight excluding hydrogens is 428 g/mol.